The molecule has 0 aliphatic heterocycles. The summed E-state index contributed by atoms with van der Waals surface area (Å²) in [7, 11) is 0. The molecule has 2 heterocycles. The molecule has 0 saturated carbocycles. The summed E-state index contributed by atoms with van der Waals surface area (Å²) in [6.07, 6.45) is 1.61. The summed E-state index contributed by atoms with van der Waals surface area (Å²) < 4.78 is 7.11. The van der Waals surface area contributed by atoms with Crippen molar-refractivity contribution in [2.45, 2.75) is 31.6 Å². The summed E-state index contributed by atoms with van der Waals surface area (Å²) in [6.45, 7) is 4.37. The van der Waals surface area contributed by atoms with Crippen LogP contribution in [0.5, 0.6) is 0 Å². The van der Waals surface area contributed by atoms with Crippen molar-refractivity contribution in [1.82, 2.24) is 20.2 Å². The van der Waals surface area contributed by atoms with Gasteiger partial charge in [0.2, 0.25) is 11.1 Å². The smallest absolute Gasteiger partial charge is 0.237 e. The molecule has 0 aliphatic carbocycles. The zero-order chi connectivity index (χ0) is 17.6. The number of carbonyl (C=O) groups is 1. The van der Waals surface area contributed by atoms with E-state index in [1.54, 1.807) is 15.8 Å². The van der Waals surface area contributed by atoms with Crippen LogP contribution in [0, 0.1) is 0 Å². The summed E-state index contributed by atoms with van der Waals surface area (Å²) in [6, 6.07) is 13.4. The van der Waals surface area contributed by atoms with Gasteiger partial charge in [-0.3, -0.25) is 4.79 Å². The molecule has 8 heteroatoms. The van der Waals surface area contributed by atoms with Gasteiger partial charge < -0.3 is 9.32 Å². The van der Waals surface area contributed by atoms with E-state index < -0.39 is 0 Å². The molecule has 1 amide bonds. The van der Waals surface area contributed by atoms with E-state index in [4.69, 9.17) is 4.42 Å². The van der Waals surface area contributed by atoms with Crippen LogP contribution in [0.15, 0.2) is 58.3 Å². The van der Waals surface area contributed by atoms with Gasteiger partial charge in [-0.15, -0.1) is 5.10 Å². The van der Waals surface area contributed by atoms with Crippen LogP contribution in [-0.2, 0) is 11.3 Å². The van der Waals surface area contributed by atoms with E-state index in [0.29, 0.717) is 11.7 Å². The zero-order valence-corrected chi connectivity index (χ0v) is 14.9. The third-order valence-corrected chi connectivity index (χ3v) is 4.46. The van der Waals surface area contributed by atoms with Crippen molar-refractivity contribution in [3.8, 4) is 0 Å². The van der Waals surface area contributed by atoms with Crippen LogP contribution < -0.4 is 4.90 Å². The Kier molecular flexibility index (Phi) is 5.49. The molecule has 0 fully saturated rings. The van der Waals surface area contributed by atoms with E-state index in [2.05, 4.69) is 15.5 Å². The predicted octanol–water partition coefficient (Wildman–Crippen LogP) is 3.17. The molecular formula is C17H19N5O2S. The lowest BCUT2D eigenvalue weighted by atomic mass is 10.2. The van der Waals surface area contributed by atoms with Crippen molar-refractivity contribution >= 4 is 23.4 Å². The second-order valence-corrected chi connectivity index (χ2v) is 6.63. The van der Waals surface area contributed by atoms with Gasteiger partial charge in [-0.05, 0) is 48.5 Å². The number of benzene rings is 1. The van der Waals surface area contributed by atoms with Gasteiger partial charge >= 0.3 is 0 Å². The molecule has 3 aromatic rings. The highest BCUT2D eigenvalue weighted by molar-refractivity contribution is 7.99. The number of amides is 1. The van der Waals surface area contributed by atoms with E-state index in [1.165, 1.54) is 11.8 Å². The van der Waals surface area contributed by atoms with Crippen molar-refractivity contribution in [2.24, 2.45) is 0 Å². The highest BCUT2D eigenvalue weighted by Gasteiger charge is 2.19. The Bertz CT molecular complexity index is 802. The van der Waals surface area contributed by atoms with Crippen molar-refractivity contribution in [1.29, 1.82) is 0 Å². The lowest BCUT2D eigenvalue weighted by Crippen LogP contribution is -2.31. The van der Waals surface area contributed by atoms with Gasteiger partial charge in [0.05, 0.1) is 24.6 Å². The molecule has 2 aromatic heterocycles. The molecule has 0 saturated heterocycles. The largest absolute Gasteiger partial charge is 0.467 e. The monoisotopic (exact) mass is 357 g/mol. The Morgan fingerprint density at radius 2 is 2.04 bits per heavy atom. The number of aromatic nitrogens is 4. The van der Waals surface area contributed by atoms with E-state index in [1.807, 2.05) is 56.3 Å². The van der Waals surface area contributed by atoms with Crippen LogP contribution in [-0.4, -0.2) is 31.9 Å². The van der Waals surface area contributed by atoms with Crippen molar-refractivity contribution < 1.29 is 9.21 Å². The number of hydrogen-bond donors (Lipinski definition) is 0. The fourth-order valence-electron chi connectivity index (χ4n) is 2.30. The maximum atomic E-state index is 12.8. The molecule has 0 bridgehead atoms. The van der Waals surface area contributed by atoms with E-state index in [0.717, 1.165) is 11.4 Å². The number of rotatable bonds is 7. The van der Waals surface area contributed by atoms with E-state index >= 15 is 0 Å². The van der Waals surface area contributed by atoms with Crippen LogP contribution in [0.2, 0.25) is 0 Å². The lowest BCUT2D eigenvalue weighted by molar-refractivity contribution is -0.116. The second-order valence-electron chi connectivity index (χ2n) is 5.68. The number of anilines is 1. The van der Waals surface area contributed by atoms with Crippen molar-refractivity contribution in [3.63, 3.8) is 0 Å². The number of tetrazole rings is 1. The first-order valence-electron chi connectivity index (χ1n) is 7.93. The van der Waals surface area contributed by atoms with E-state index in [9.17, 15) is 4.79 Å². The van der Waals surface area contributed by atoms with Crippen molar-refractivity contribution in [2.75, 3.05) is 10.7 Å². The maximum Gasteiger partial charge on any atom is 0.237 e. The highest BCUT2D eigenvalue weighted by atomic mass is 32.2. The molecule has 0 aliphatic rings. The first kappa shape index (κ1) is 17.2. The Balaban J connectivity index is 1.74. The van der Waals surface area contributed by atoms with Gasteiger partial charge in [0.25, 0.3) is 0 Å². The third kappa shape index (κ3) is 4.27. The minimum absolute atomic E-state index is 0.0362. The minimum atomic E-state index is -0.0362. The van der Waals surface area contributed by atoms with Gasteiger partial charge in [0.1, 0.15) is 5.76 Å². The first-order valence-corrected chi connectivity index (χ1v) is 8.92. The molecule has 0 radical (unpaired) electrons. The predicted molar refractivity (Wildman–Crippen MR) is 95.3 cm³/mol. The first-order chi connectivity index (χ1) is 12.1. The van der Waals surface area contributed by atoms with Gasteiger partial charge in [-0.2, -0.15) is 0 Å². The Morgan fingerprint density at radius 3 is 2.72 bits per heavy atom. The molecule has 3 rings (SSSR count). The summed E-state index contributed by atoms with van der Waals surface area (Å²) in [5.41, 5.74) is 0.827. The lowest BCUT2D eigenvalue weighted by Gasteiger charge is -2.21. The Labute approximate surface area is 150 Å². The number of furan rings is 1. The van der Waals surface area contributed by atoms with Crippen molar-refractivity contribution in [3.05, 3.63) is 54.5 Å². The molecule has 0 spiro atoms. The molecular weight excluding hydrogens is 338 g/mol. The summed E-state index contributed by atoms with van der Waals surface area (Å²) in [5, 5.41) is 12.3. The van der Waals surface area contributed by atoms with Crippen LogP contribution in [0.3, 0.4) is 0 Å². The van der Waals surface area contributed by atoms with Crippen LogP contribution in [0.1, 0.15) is 25.6 Å². The van der Waals surface area contributed by atoms with Crippen LogP contribution in [0.25, 0.3) is 0 Å². The van der Waals surface area contributed by atoms with Gasteiger partial charge in [0.15, 0.2) is 0 Å². The number of hydrogen-bond acceptors (Lipinski definition) is 6. The number of carbonyl (C=O) groups excluding carboxylic acids is 1. The van der Waals surface area contributed by atoms with Gasteiger partial charge in [0, 0.05) is 5.69 Å². The molecule has 0 atom stereocenters. The van der Waals surface area contributed by atoms with Gasteiger partial charge in [-0.25, -0.2) is 4.68 Å². The Hall–Kier alpha value is -2.61. The fraction of sp³-hybridized carbons (Fsp3) is 0.294. The van der Waals surface area contributed by atoms with E-state index in [-0.39, 0.29) is 17.7 Å². The second kappa shape index (κ2) is 7.98. The zero-order valence-electron chi connectivity index (χ0n) is 14.1. The Morgan fingerprint density at radius 1 is 1.24 bits per heavy atom. The normalized spacial score (nSPS) is 11.0. The number of nitrogens with zero attached hydrogens (tertiary/aromatic N) is 5. The number of thioether (sulfide) groups is 1. The fourth-order valence-corrected chi connectivity index (χ4v) is 3.18. The summed E-state index contributed by atoms with van der Waals surface area (Å²) in [5.74, 6) is 0.933. The van der Waals surface area contributed by atoms with Crippen LogP contribution >= 0.6 is 11.8 Å². The third-order valence-electron chi connectivity index (χ3n) is 3.54. The quantitative estimate of drug-likeness (QED) is 0.605. The average Bonchev–Trinajstić information content (AvgIpc) is 3.30. The van der Waals surface area contributed by atoms with Gasteiger partial charge in [-0.1, -0.05) is 30.0 Å². The molecule has 7 nitrogen and oxygen atoms in total. The molecule has 130 valence electrons. The van der Waals surface area contributed by atoms with Crippen LogP contribution in [0.4, 0.5) is 5.69 Å². The minimum Gasteiger partial charge on any atom is -0.467 e. The maximum absolute atomic E-state index is 12.8. The molecule has 0 unspecified atom stereocenters. The average molecular weight is 357 g/mol. The standard InChI is InChI=1S/C17H19N5O2S/c1-13(2)22-17(18-19-20-22)25-12-16(23)21(11-15-9-6-10-24-15)14-7-4-3-5-8-14/h3-10,13H,11-12H2,1-2H3. The summed E-state index contributed by atoms with van der Waals surface area (Å²) >= 11 is 1.33. The SMILES string of the molecule is CC(C)n1nnnc1SCC(=O)N(Cc1ccco1)c1ccccc1. The number of para-hydroxylation sites is 1. The molecule has 0 N–H and O–H groups in total. The topological polar surface area (TPSA) is 77.1 Å². The molecule has 25 heavy (non-hydrogen) atoms. The molecule has 1 aromatic carbocycles. The highest BCUT2D eigenvalue weighted by Crippen LogP contribution is 2.22. The summed E-state index contributed by atoms with van der Waals surface area (Å²) in [4.78, 5) is 14.5.